The van der Waals surface area contributed by atoms with Crippen LogP contribution in [0, 0.1) is 0 Å². The third-order valence-corrected chi connectivity index (χ3v) is 7.23. The van der Waals surface area contributed by atoms with Gasteiger partial charge >= 0.3 is 167 Å². The van der Waals surface area contributed by atoms with Crippen LogP contribution in [0.4, 0.5) is 0 Å². The number of morpholine rings is 1. The number of rotatable bonds is 3. The molecule has 0 bridgehead atoms. The van der Waals surface area contributed by atoms with E-state index in [9.17, 15) is 9.59 Å². The van der Waals surface area contributed by atoms with E-state index < -0.39 is 0 Å². The second-order valence-electron chi connectivity index (χ2n) is 6.04. The molecule has 1 aliphatic heterocycles. The summed E-state index contributed by atoms with van der Waals surface area (Å²) in [5.41, 5.74) is 1.60. The zero-order valence-electron chi connectivity index (χ0n) is 13.9. The number of carbonyl (C=O) groups is 2. The summed E-state index contributed by atoms with van der Waals surface area (Å²) in [6.45, 7) is 2.42. The molecule has 26 heavy (non-hydrogen) atoms. The standard InChI is InChI=1S/C20H16BrNO3Se/c21-13-5-7-14(8-6-13)26-20-17(22-9-11-25-12-10-22)18(23)15-3-1-2-4-16(15)19(20)24/h1-8H,9-12H2. The number of ketones is 2. The number of hydrogen-bond donors (Lipinski definition) is 0. The summed E-state index contributed by atoms with van der Waals surface area (Å²) < 4.78 is 8.14. The minimum absolute atomic E-state index is 0.0235. The molecule has 2 aromatic rings. The van der Waals surface area contributed by atoms with Gasteiger partial charge in [-0.1, -0.05) is 0 Å². The fourth-order valence-electron chi connectivity index (χ4n) is 3.13. The van der Waals surface area contributed by atoms with Crippen LogP contribution in [0.15, 0.2) is 63.2 Å². The number of benzene rings is 2. The number of Topliss-reactive ketones (excluding diaryl/α,β-unsaturated/α-hetero) is 2. The molecule has 2 aromatic carbocycles. The summed E-state index contributed by atoms with van der Waals surface area (Å²) in [7, 11) is 0. The Kier molecular flexibility index (Phi) is 5.09. The molecule has 1 aliphatic carbocycles. The molecule has 6 heteroatoms. The molecular weight excluding hydrogens is 461 g/mol. The predicted octanol–water partition coefficient (Wildman–Crippen LogP) is 2.40. The van der Waals surface area contributed by atoms with Gasteiger partial charge in [0.25, 0.3) is 0 Å². The summed E-state index contributed by atoms with van der Waals surface area (Å²) in [5.74, 6) is -0.0688. The van der Waals surface area contributed by atoms with Gasteiger partial charge in [0.05, 0.1) is 0 Å². The second kappa shape index (κ2) is 7.49. The number of ether oxygens (including phenoxy) is 1. The summed E-state index contributed by atoms with van der Waals surface area (Å²) >= 11 is 3.20. The molecule has 1 saturated heterocycles. The molecule has 0 radical (unpaired) electrons. The average molecular weight is 477 g/mol. The SMILES string of the molecule is O=C1C([Se]c2ccc(Br)cc2)=C(N2CCOCC2)C(=O)c2ccccc21. The van der Waals surface area contributed by atoms with Crippen LogP contribution in [0.25, 0.3) is 0 Å². The van der Waals surface area contributed by atoms with Crippen molar-refractivity contribution in [3.8, 4) is 0 Å². The van der Waals surface area contributed by atoms with Gasteiger partial charge in [-0.25, -0.2) is 0 Å². The van der Waals surface area contributed by atoms with Crippen molar-refractivity contribution in [2.24, 2.45) is 0 Å². The van der Waals surface area contributed by atoms with E-state index >= 15 is 0 Å². The average Bonchev–Trinajstić information content (AvgIpc) is 2.68. The minimum atomic E-state index is -0.241. The van der Waals surface area contributed by atoms with E-state index in [1.807, 2.05) is 41.3 Å². The Hall–Kier alpha value is -1.72. The number of carbonyl (C=O) groups excluding carboxylic acids is 2. The van der Waals surface area contributed by atoms with E-state index in [4.69, 9.17) is 4.74 Å². The van der Waals surface area contributed by atoms with Crippen LogP contribution in [-0.4, -0.2) is 57.7 Å². The van der Waals surface area contributed by atoms with Crippen molar-refractivity contribution in [3.05, 3.63) is 74.3 Å². The fraction of sp³-hybridized carbons (Fsp3) is 0.200. The third-order valence-electron chi connectivity index (χ3n) is 4.41. The molecule has 1 fully saturated rings. The van der Waals surface area contributed by atoms with E-state index in [1.54, 1.807) is 12.1 Å². The first kappa shape index (κ1) is 17.7. The van der Waals surface area contributed by atoms with Gasteiger partial charge < -0.3 is 0 Å². The first-order valence-corrected chi connectivity index (χ1v) is 10.8. The summed E-state index contributed by atoms with van der Waals surface area (Å²) in [5, 5.41) is 0. The normalized spacial score (nSPS) is 17.5. The van der Waals surface area contributed by atoms with Crippen LogP contribution in [-0.2, 0) is 4.74 Å². The van der Waals surface area contributed by atoms with Crippen molar-refractivity contribution in [2.75, 3.05) is 26.3 Å². The van der Waals surface area contributed by atoms with Gasteiger partial charge in [0.1, 0.15) is 0 Å². The van der Waals surface area contributed by atoms with Crippen LogP contribution in [0.5, 0.6) is 0 Å². The van der Waals surface area contributed by atoms with Crippen molar-refractivity contribution < 1.29 is 14.3 Å². The van der Waals surface area contributed by atoms with Crippen molar-refractivity contribution in [1.29, 1.82) is 0 Å². The van der Waals surface area contributed by atoms with E-state index in [0.29, 0.717) is 47.6 Å². The molecule has 0 atom stereocenters. The van der Waals surface area contributed by atoms with Crippen LogP contribution < -0.4 is 4.46 Å². The Morgan fingerprint density at radius 3 is 2.15 bits per heavy atom. The molecular formula is C20H16BrNO3Se. The van der Waals surface area contributed by atoms with Gasteiger partial charge in [-0.15, -0.1) is 0 Å². The number of allylic oxidation sites excluding steroid dienone is 2. The molecule has 0 spiro atoms. The van der Waals surface area contributed by atoms with Gasteiger partial charge in [-0.05, 0) is 0 Å². The van der Waals surface area contributed by atoms with Gasteiger partial charge in [-0.2, -0.15) is 0 Å². The van der Waals surface area contributed by atoms with Gasteiger partial charge in [0.2, 0.25) is 0 Å². The Bertz CT molecular complexity index is 902. The molecule has 0 saturated carbocycles. The quantitative estimate of drug-likeness (QED) is 0.638. The van der Waals surface area contributed by atoms with E-state index in [2.05, 4.69) is 15.9 Å². The van der Waals surface area contributed by atoms with Crippen molar-refractivity contribution in [1.82, 2.24) is 4.90 Å². The summed E-state index contributed by atoms with van der Waals surface area (Å²) in [6.07, 6.45) is 0. The molecule has 2 aliphatic rings. The third kappa shape index (κ3) is 3.30. The Balaban J connectivity index is 1.81. The van der Waals surface area contributed by atoms with E-state index in [-0.39, 0.29) is 26.5 Å². The van der Waals surface area contributed by atoms with Crippen LogP contribution in [0.2, 0.25) is 0 Å². The fourth-order valence-corrected chi connectivity index (χ4v) is 5.55. The molecule has 4 rings (SSSR count). The number of nitrogens with zero attached hydrogens (tertiary/aromatic N) is 1. The molecule has 0 N–H and O–H groups in total. The first-order chi connectivity index (χ1) is 12.6. The number of fused-ring (bicyclic) bond motifs is 1. The molecule has 1 heterocycles. The number of halogens is 1. The van der Waals surface area contributed by atoms with Gasteiger partial charge in [0, 0.05) is 0 Å². The molecule has 132 valence electrons. The number of hydrogen-bond acceptors (Lipinski definition) is 4. The van der Waals surface area contributed by atoms with Crippen LogP contribution >= 0.6 is 15.9 Å². The van der Waals surface area contributed by atoms with Crippen molar-refractivity contribution in [2.45, 2.75) is 0 Å². The van der Waals surface area contributed by atoms with Crippen LogP contribution in [0.1, 0.15) is 20.7 Å². The van der Waals surface area contributed by atoms with Crippen LogP contribution in [0.3, 0.4) is 0 Å². The topological polar surface area (TPSA) is 46.6 Å². The monoisotopic (exact) mass is 477 g/mol. The summed E-state index contributed by atoms with van der Waals surface area (Å²) in [6, 6.07) is 15.1. The van der Waals surface area contributed by atoms with Gasteiger partial charge in [0.15, 0.2) is 0 Å². The van der Waals surface area contributed by atoms with E-state index in [0.717, 1.165) is 8.93 Å². The van der Waals surface area contributed by atoms with Gasteiger partial charge in [-0.3, -0.25) is 0 Å². The Labute approximate surface area is 166 Å². The Morgan fingerprint density at radius 1 is 0.885 bits per heavy atom. The zero-order valence-corrected chi connectivity index (χ0v) is 17.2. The second-order valence-corrected chi connectivity index (χ2v) is 9.23. The molecule has 0 amide bonds. The maximum absolute atomic E-state index is 13.2. The molecule has 0 aromatic heterocycles. The summed E-state index contributed by atoms with van der Waals surface area (Å²) in [4.78, 5) is 28.5. The first-order valence-electron chi connectivity index (χ1n) is 8.34. The molecule has 4 nitrogen and oxygen atoms in total. The molecule has 0 unspecified atom stereocenters. The Morgan fingerprint density at radius 2 is 1.50 bits per heavy atom. The predicted molar refractivity (Wildman–Crippen MR) is 104 cm³/mol. The maximum atomic E-state index is 13.2. The zero-order chi connectivity index (χ0) is 18.1. The van der Waals surface area contributed by atoms with Crippen molar-refractivity contribution in [3.63, 3.8) is 0 Å². The van der Waals surface area contributed by atoms with E-state index in [1.165, 1.54) is 0 Å². The van der Waals surface area contributed by atoms with Crippen molar-refractivity contribution >= 4 is 46.9 Å².